The Kier molecular flexibility index (Phi) is 7.31. The van der Waals surface area contributed by atoms with E-state index in [9.17, 15) is 19.7 Å². The Morgan fingerprint density at radius 1 is 1.25 bits per heavy atom. The molecule has 0 radical (unpaired) electrons. The SMILES string of the molecule is CCc1ccc(C2CNCCN2C(=O)Cn2cc([N+](=O)[O-])ccc2=O)cc1.Cl. The van der Waals surface area contributed by atoms with Crippen LogP contribution in [0, 0.1) is 10.1 Å². The molecule has 0 saturated carbocycles. The molecule has 0 bridgehead atoms. The number of rotatable bonds is 5. The van der Waals surface area contributed by atoms with E-state index < -0.39 is 10.5 Å². The van der Waals surface area contributed by atoms with Crippen LogP contribution in [0.2, 0.25) is 0 Å². The van der Waals surface area contributed by atoms with Gasteiger partial charge in [0.05, 0.1) is 17.2 Å². The number of benzene rings is 1. The third-order valence-corrected chi connectivity index (χ3v) is 4.82. The number of piperazine rings is 1. The van der Waals surface area contributed by atoms with E-state index in [4.69, 9.17) is 0 Å². The lowest BCUT2D eigenvalue weighted by Crippen LogP contribution is -2.50. The van der Waals surface area contributed by atoms with Gasteiger partial charge in [0.1, 0.15) is 6.54 Å². The van der Waals surface area contributed by atoms with E-state index in [1.54, 1.807) is 4.90 Å². The highest BCUT2D eigenvalue weighted by atomic mass is 35.5. The predicted molar refractivity (Wildman–Crippen MR) is 108 cm³/mol. The van der Waals surface area contributed by atoms with Gasteiger partial charge in [0.15, 0.2) is 0 Å². The summed E-state index contributed by atoms with van der Waals surface area (Å²) >= 11 is 0. The zero-order valence-corrected chi connectivity index (χ0v) is 16.4. The molecule has 1 saturated heterocycles. The first-order chi connectivity index (χ1) is 13.0. The summed E-state index contributed by atoms with van der Waals surface area (Å²) in [7, 11) is 0. The number of carbonyl (C=O) groups is 1. The third kappa shape index (κ3) is 4.76. The summed E-state index contributed by atoms with van der Waals surface area (Å²) in [6, 6.07) is 10.3. The second-order valence-corrected chi connectivity index (χ2v) is 6.51. The molecule has 1 atom stereocenters. The van der Waals surface area contributed by atoms with Crippen LogP contribution in [-0.2, 0) is 17.8 Å². The van der Waals surface area contributed by atoms with Crippen molar-refractivity contribution < 1.29 is 9.72 Å². The number of amides is 1. The van der Waals surface area contributed by atoms with Crippen LogP contribution in [0.5, 0.6) is 0 Å². The highest BCUT2D eigenvalue weighted by Gasteiger charge is 2.28. The first-order valence-electron chi connectivity index (χ1n) is 8.93. The maximum atomic E-state index is 12.9. The van der Waals surface area contributed by atoms with Gasteiger partial charge in [-0.2, -0.15) is 0 Å². The van der Waals surface area contributed by atoms with Crippen LogP contribution in [0.1, 0.15) is 24.1 Å². The topological polar surface area (TPSA) is 97.5 Å². The van der Waals surface area contributed by atoms with Gasteiger partial charge in [0.25, 0.3) is 11.2 Å². The fraction of sp³-hybridized carbons (Fsp3) is 0.368. The zero-order valence-electron chi connectivity index (χ0n) is 15.5. The van der Waals surface area contributed by atoms with E-state index in [2.05, 4.69) is 24.4 Å². The number of nitrogens with one attached hydrogen (secondary N) is 1. The molecule has 1 fully saturated rings. The number of aryl methyl sites for hydroxylation is 1. The van der Waals surface area contributed by atoms with Gasteiger partial charge < -0.3 is 10.2 Å². The first kappa shape index (κ1) is 21.6. The van der Waals surface area contributed by atoms with Gasteiger partial charge in [-0.05, 0) is 17.5 Å². The third-order valence-electron chi connectivity index (χ3n) is 4.82. The van der Waals surface area contributed by atoms with Crippen molar-refractivity contribution in [2.45, 2.75) is 25.9 Å². The number of aromatic nitrogens is 1. The maximum Gasteiger partial charge on any atom is 0.285 e. The quantitative estimate of drug-likeness (QED) is 0.604. The van der Waals surface area contributed by atoms with Crippen LogP contribution in [0.15, 0.2) is 47.4 Å². The number of pyridine rings is 1. The summed E-state index contributed by atoms with van der Waals surface area (Å²) in [5.41, 5.74) is 1.60. The fourth-order valence-corrected chi connectivity index (χ4v) is 3.26. The van der Waals surface area contributed by atoms with Crippen molar-refractivity contribution in [2.24, 2.45) is 0 Å². The van der Waals surface area contributed by atoms with Crippen molar-refractivity contribution in [1.29, 1.82) is 0 Å². The number of nitrogens with zero attached hydrogens (tertiary/aromatic N) is 3. The lowest BCUT2D eigenvalue weighted by Gasteiger charge is -2.36. The molecule has 1 aromatic heterocycles. The van der Waals surface area contributed by atoms with Crippen LogP contribution < -0.4 is 10.9 Å². The summed E-state index contributed by atoms with van der Waals surface area (Å²) in [5, 5.41) is 14.2. The summed E-state index contributed by atoms with van der Waals surface area (Å²) < 4.78 is 1.10. The highest BCUT2D eigenvalue weighted by Crippen LogP contribution is 2.23. The molecule has 1 unspecified atom stereocenters. The molecule has 1 amide bonds. The Morgan fingerprint density at radius 2 is 1.96 bits per heavy atom. The van der Waals surface area contributed by atoms with Crippen LogP contribution in [0.4, 0.5) is 5.69 Å². The first-order valence-corrected chi connectivity index (χ1v) is 8.93. The van der Waals surface area contributed by atoms with Gasteiger partial charge in [-0.25, -0.2) is 0 Å². The van der Waals surface area contributed by atoms with Crippen molar-refractivity contribution in [3.05, 3.63) is 74.2 Å². The fourth-order valence-electron chi connectivity index (χ4n) is 3.26. The second kappa shape index (κ2) is 9.48. The normalized spacial score (nSPS) is 16.3. The maximum absolute atomic E-state index is 12.9. The molecule has 1 aromatic carbocycles. The average molecular weight is 407 g/mol. The van der Waals surface area contributed by atoms with Crippen molar-refractivity contribution in [3.8, 4) is 0 Å². The minimum atomic E-state index is -0.580. The Morgan fingerprint density at radius 3 is 2.61 bits per heavy atom. The molecule has 2 heterocycles. The van der Waals surface area contributed by atoms with Gasteiger partial charge in [0, 0.05) is 31.8 Å². The average Bonchev–Trinajstić information content (AvgIpc) is 2.69. The molecular weight excluding hydrogens is 384 g/mol. The molecule has 0 aliphatic carbocycles. The standard InChI is InChI=1S/C19H22N4O4.ClH/c1-2-14-3-5-15(6-4-14)17-11-20-9-10-22(17)19(25)13-21-12-16(23(26)27)7-8-18(21)24;/h3-8,12,17,20H,2,9-11,13H2,1H3;1H. The van der Waals surface area contributed by atoms with Crippen molar-refractivity contribution in [2.75, 3.05) is 19.6 Å². The van der Waals surface area contributed by atoms with Crippen molar-refractivity contribution >= 4 is 24.0 Å². The molecule has 3 rings (SSSR count). The molecule has 1 N–H and O–H groups in total. The van der Waals surface area contributed by atoms with E-state index in [1.807, 2.05) is 12.1 Å². The number of carbonyl (C=O) groups excluding carboxylic acids is 1. The van der Waals surface area contributed by atoms with E-state index in [0.29, 0.717) is 19.6 Å². The van der Waals surface area contributed by atoms with Gasteiger partial charge in [-0.3, -0.25) is 24.3 Å². The minimum absolute atomic E-state index is 0. The van der Waals surface area contributed by atoms with Crippen LogP contribution in [-0.4, -0.2) is 39.9 Å². The van der Waals surface area contributed by atoms with E-state index in [0.717, 1.165) is 34.9 Å². The zero-order chi connectivity index (χ0) is 19.4. The molecular formula is C19H23ClN4O4. The minimum Gasteiger partial charge on any atom is -0.332 e. The van der Waals surface area contributed by atoms with E-state index >= 15 is 0 Å². The van der Waals surface area contributed by atoms with Gasteiger partial charge in [0.2, 0.25) is 5.91 Å². The summed E-state index contributed by atoms with van der Waals surface area (Å²) in [6.45, 7) is 3.68. The lowest BCUT2D eigenvalue weighted by molar-refractivity contribution is -0.385. The molecule has 1 aliphatic rings. The molecule has 150 valence electrons. The van der Waals surface area contributed by atoms with Crippen molar-refractivity contribution in [1.82, 2.24) is 14.8 Å². The molecule has 28 heavy (non-hydrogen) atoms. The predicted octanol–water partition coefficient (Wildman–Crippen LogP) is 1.91. The van der Waals surface area contributed by atoms with Crippen LogP contribution in [0.25, 0.3) is 0 Å². The molecule has 1 aliphatic heterocycles. The van der Waals surface area contributed by atoms with E-state index in [1.165, 1.54) is 5.56 Å². The molecule has 2 aromatic rings. The van der Waals surface area contributed by atoms with Crippen molar-refractivity contribution in [3.63, 3.8) is 0 Å². The number of nitro groups is 1. The Balaban J connectivity index is 0.00000280. The highest BCUT2D eigenvalue weighted by molar-refractivity contribution is 5.85. The van der Waals surface area contributed by atoms with Crippen LogP contribution in [0.3, 0.4) is 0 Å². The van der Waals surface area contributed by atoms with Gasteiger partial charge in [-0.1, -0.05) is 31.2 Å². The van der Waals surface area contributed by atoms with Gasteiger partial charge in [-0.15, -0.1) is 12.4 Å². The number of hydrogen-bond acceptors (Lipinski definition) is 5. The smallest absolute Gasteiger partial charge is 0.285 e. The number of hydrogen-bond donors (Lipinski definition) is 1. The number of halogens is 1. The lowest BCUT2D eigenvalue weighted by atomic mass is 10.0. The van der Waals surface area contributed by atoms with Gasteiger partial charge >= 0.3 is 0 Å². The monoisotopic (exact) mass is 406 g/mol. The summed E-state index contributed by atoms with van der Waals surface area (Å²) in [5.74, 6) is -0.233. The van der Waals surface area contributed by atoms with Crippen LogP contribution >= 0.6 is 12.4 Å². The Bertz CT molecular complexity index is 898. The largest absolute Gasteiger partial charge is 0.332 e. The van der Waals surface area contributed by atoms with E-state index in [-0.39, 0.29) is 36.6 Å². The Hall–Kier alpha value is -2.71. The summed E-state index contributed by atoms with van der Waals surface area (Å²) in [6.07, 6.45) is 2.06. The Labute approximate surface area is 168 Å². The molecule has 8 nitrogen and oxygen atoms in total. The molecule has 0 spiro atoms. The second-order valence-electron chi connectivity index (χ2n) is 6.51. The summed E-state index contributed by atoms with van der Waals surface area (Å²) in [4.78, 5) is 37.0. The molecule has 9 heteroatoms.